The standard InChI is InChI=1S/C17H17N3S/c1-2-5-14-10-20-12-21-11-16(17(20)8-13(14)4-1)19-15-6-3-7-18-9-15/h2-3,5-10,17H,1,4,11-12H2. The van der Waals surface area contributed by atoms with Gasteiger partial charge in [0.25, 0.3) is 0 Å². The van der Waals surface area contributed by atoms with Crippen molar-refractivity contribution in [3.05, 3.63) is 60.1 Å². The molecule has 0 N–H and O–H groups in total. The highest BCUT2D eigenvalue weighted by Crippen LogP contribution is 2.33. The first-order chi connectivity index (χ1) is 10.4. The highest BCUT2D eigenvalue weighted by molar-refractivity contribution is 8.00. The van der Waals surface area contributed by atoms with Crippen LogP contribution in [0.2, 0.25) is 0 Å². The van der Waals surface area contributed by atoms with Crippen molar-refractivity contribution < 1.29 is 0 Å². The molecule has 0 bridgehead atoms. The molecule has 106 valence electrons. The number of hydrogen-bond donors (Lipinski definition) is 0. The van der Waals surface area contributed by atoms with Gasteiger partial charge in [-0.25, -0.2) is 0 Å². The van der Waals surface area contributed by atoms with Crippen LogP contribution < -0.4 is 0 Å². The molecular weight excluding hydrogens is 278 g/mol. The van der Waals surface area contributed by atoms with Crippen molar-refractivity contribution >= 4 is 23.2 Å². The smallest absolute Gasteiger partial charge is 0.0875 e. The van der Waals surface area contributed by atoms with Crippen LogP contribution in [0, 0.1) is 0 Å². The fourth-order valence-electron chi connectivity index (χ4n) is 2.98. The lowest BCUT2D eigenvalue weighted by Crippen LogP contribution is -2.43. The van der Waals surface area contributed by atoms with Crippen LogP contribution in [0.4, 0.5) is 5.69 Å². The average Bonchev–Trinajstić information content (AvgIpc) is 2.54. The van der Waals surface area contributed by atoms with E-state index in [0.717, 1.165) is 30.2 Å². The SMILES string of the molecule is C1=CC2=CN3CSCC(=Nc4cccnc4)C3C=C2CC1. The maximum atomic E-state index is 4.84. The van der Waals surface area contributed by atoms with Crippen molar-refractivity contribution in [2.75, 3.05) is 11.6 Å². The lowest BCUT2D eigenvalue weighted by Gasteiger charge is -2.38. The second-order valence-electron chi connectivity index (χ2n) is 5.47. The number of hydrogen-bond acceptors (Lipinski definition) is 4. The molecule has 21 heavy (non-hydrogen) atoms. The highest BCUT2D eigenvalue weighted by Gasteiger charge is 2.29. The third-order valence-electron chi connectivity index (χ3n) is 4.02. The van der Waals surface area contributed by atoms with Gasteiger partial charge in [0.05, 0.1) is 29.5 Å². The van der Waals surface area contributed by atoms with Gasteiger partial charge in [-0.15, -0.1) is 11.8 Å². The summed E-state index contributed by atoms with van der Waals surface area (Å²) in [5.41, 5.74) is 5.04. The molecule has 4 heteroatoms. The molecule has 2 aliphatic heterocycles. The molecule has 1 aliphatic carbocycles. The molecule has 0 radical (unpaired) electrons. The third-order valence-corrected chi connectivity index (χ3v) is 5.00. The topological polar surface area (TPSA) is 28.5 Å². The van der Waals surface area contributed by atoms with Crippen LogP contribution in [0.3, 0.4) is 0 Å². The van der Waals surface area contributed by atoms with E-state index in [9.17, 15) is 0 Å². The van der Waals surface area contributed by atoms with Crippen LogP contribution in [-0.4, -0.2) is 33.3 Å². The van der Waals surface area contributed by atoms with Gasteiger partial charge in [0.2, 0.25) is 0 Å². The fourth-order valence-corrected chi connectivity index (χ4v) is 3.96. The number of aromatic nitrogens is 1. The van der Waals surface area contributed by atoms with Crippen molar-refractivity contribution in [3.63, 3.8) is 0 Å². The number of fused-ring (bicyclic) bond motifs is 2. The quantitative estimate of drug-likeness (QED) is 0.791. The van der Waals surface area contributed by atoms with E-state index in [1.165, 1.54) is 16.9 Å². The number of pyridine rings is 1. The largest absolute Gasteiger partial charge is 0.356 e. The van der Waals surface area contributed by atoms with E-state index < -0.39 is 0 Å². The lowest BCUT2D eigenvalue weighted by atomic mass is 9.90. The molecule has 1 unspecified atom stereocenters. The molecule has 0 aromatic carbocycles. The molecule has 1 atom stereocenters. The van der Waals surface area contributed by atoms with Crippen molar-refractivity contribution in [3.8, 4) is 0 Å². The van der Waals surface area contributed by atoms with Crippen LogP contribution in [0.15, 0.2) is 65.1 Å². The third kappa shape index (κ3) is 2.56. The predicted octanol–water partition coefficient (Wildman–Crippen LogP) is 3.70. The number of thioether (sulfide) groups is 1. The van der Waals surface area contributed by atoms with Gasteiger partial charge in [-0.2, -0.15) is 0 Å². The molecule has 4 rings (SSSR count). The van der Waals surface area contributed by atoms with E-state index in [4.69, 9.17) is 4.99 Å². The first-order valence-corrected chi connectivity index (χ1v) is 8.46. The summed E-state index contributed by atoms with van der Waals surface area (Å²) in [5, 5.41) is 0. The summed E-state index contributed by atoms with van der Waals surface area (Å²) in [7, 11) is 0. The molecule has 3 aliphatic rings. The van der Waals surface area contributed by atoms with E-state index in [0.29, 0.717) is 6.04 Å². The zero-order chi connectivity index (χ0) is 14.1. The van der Waals surface area contributed by atoms with Gasteiger partial charge in [0.15, 0.2) is 0 Å². The monoisotopic (exact) mass is 295 g/mol. The zero-order valence-electron chi connectivity index (χ0n) is 11.8. The summed E-state index contributed by atoms with van der Waals surface area (Å²) >= 11 is 1.92. The van der Waals surface area contributed by atoms with E-state index in [-0.39, 0.29) is 0 Å². The minimum absolute atomic E-state index is 0.316. The Bertz CT molecular complexity index is 658. The number of nitrogens with zero attached hydrogens (tertiary/aromatic N) is 3. The van der Waals surface area contributed by atoms with Gasteiger partial charge in [-0.1, -0.05) is 18.2 Å². The Morgan fingerprint density at radius 1 is 1.38 bits per heavy atom. The van der Waals surface area contributed by atoms with Gasteiger partial charge in [0, 0.05) is 18.1 Å². The Morgan fingerprint density at radius 2 is 2.38 bits per heavy atom. The summed E-state index contributed by atoms with van der Waals surface area (Å²) in [6, 6.07) is 4.28. The molecular formula is C17H17N3S. The predicted molar refractivity (Wildman–Crippen MR) is 88.8 cm³/mol. The molecule has 3 nitrogen and oxygen atoms in total. The average molecular weight is 295 g/mol. The fraction of sp³-hybridized carbons (Fsp3) is 0.294. The first-order valence-electron chi connectivity index (χ1n) is 7.30. The van der Waals surface area contributed by atoms with Gasteiger partial charge in [-0.3, -0.25) is 9.98 Å². The van der Waals surface area contributed by atoms with Gasteiger partial charge in [0.1, 0.15) is 0 Å². The molecule has 1 fully saturated rings. The van der Waals surface area contributed by atoms with Crippen LogP contribution in [0.25, 0.3) is 0 Å². The second-order valence-corrected chi connectivity index (χ2v) is 6.42. The van der Waals surface area contributed by atoms with Gasteiger partial charge >= 0.3 is 0 Å². The summed E-state index contributed by atoms with van der Waals surface area (Å²) in [6.07, 6.45) is 15.2. The molecule has 1 aromatic rings. The minimum Gasteiger partial charge on any atom is -0.356 e. The number of rotatable bonds is 1. The van der Waals surface area contributed by atoms with E-state index in [1.54, 1.807) is 6.20 Å². The van der Waals surface area contributed by atoms with E-state index >= 15 is 0 Å². The summed E-state index contributed by atoms with van der Waals surface area (Å²) in [5.74, 6) is 2.04. The van der Waals surface area contributed by atoms with Crippen LogP contribution in [0.1, 0.15) is 12.8 Å². The van der Waals surface area contributed by atoms with Crippen molar-refractivity contribution in [1.82, 2.24) is 9.88 Å². The minimum atomic E-state index is 0.316. The maximum Gasteiger partial charge on any atom is 0.0875 e. The molecule has 1 saturated heterocycles. The molecule has 0 spiro atoms. The van der Waals surface area contributed by atoms with Crippen LogP contribution in [-0.2, 0) is 0 Å². The summed E-state index contributed by atoms with van der Waals surface area (Å²) < 4.78 is 0. The summed E-state index contributed by atoms with van der Waals surface area (Å²) in [6.45, 7) is 0. The van der Waals surface area contributed by atoms with Crippen molar-refractivity contribution in [1.29, 1.82) is 0 Å². The Labute approximate surface area is 129 Å². The van der Waals surface area contributed by atoms with Crippen LogP contribution >= 0.6 is 11.8 Å². The van der Waals surface area contributed by atoms with E-state index in [2.05, 4.69) is 34.3 Å². The highest BCUT2D eigenvalue weighted by atomic mass is 32.2. The van der Waals surface area contributed by atoms with Gasteiger partial charge in [-0.05, 0) is 36.1 Å². The van der Waals surface area contributed by atoms with E-state index in [1.807, 2.05) is 30.1 Å². The maximum absolute atomic E-state index is 4.84. The summed E-state index contributed by atoms with van der Waals surface area (Å²) in [4.78, 5) is 11.4. The lowest BCUT2D eigenvalue weighted by molar-refractivity contribution is 0.422. The van der Waals surface area contributed by atoms with Crippen molar-refractivity contribution in [2.24, 2.45) is 4.99 Å². The molecule has 1 aromatic heterocycles. The van der Waals surface area contributed by atoms with Crippen LogP contribution in [0.5, 0.6) is 0 Å². The number of allylic oxidation sites excluding steroid dienone is 4. The molecule has 3 heterocycles. The zero-order valence-corrected chi connectivity index (χ0v) is 12.6. The normalized spacial score (nSPS) is 26.0. The Morgan fingerprint density at radius 3 is 3.29 bits per heavy atom. The van der Waals surface area contributed by atoms with Gasteiger partial charge < -0.3 is 4.90 Å². The van der Waals surface area contributed by atoms with Crippen molar-refractivity contribution in [2.45, 2.75) is 18.9 Å². The number of aliphatic imine (C=N–C) groups is 1. The Hall–Kier alpha value is -1.81. The molecule has 0 amide bonds. The molecule has 0 saturated carbocycles. The Kier molecular flexibility index (Phi) is 3.39. The Balaban J connectivity index is 1.69. The first kappa shape index (κ1) is 12.9. The second kappa shape index (κ2) is 5.53.